The van der Waals surface area contributed by atoms with E-state index in [0.717, 1.165) is 54.0 Å². The molecular weight excluding hydrogens is 568 g/mol. The minimum Gasteiger partial charge on any atom is -0.451 e. The third-order valence-electron chi connectivity index (χ3n) is 6.73. The number of carbonyl (C=O) groups is 1. The van der Waals surface area contributed by atoms with E-state index in [4.69, 9.17) is 14.7 Å². The molecule has 4 rings (SSSR count). The first-order valence-corrected chi connectivity index (χ1v) is 14.6. The maximum Gasteiger partial charge on any atom is 0.338 e. The summed E-state index contributed by atoms with van der Waals surface area (Å²) >= 11 is -1.71. The molecule has 0 saturated carbocycles. The number of aromatic nitrogens is 2. The zero-order valence-electron chi connectivity index (χ0n) is 21.8. The van der Waals surface area contributed by atoms with Gasteiger partial charge in [0.15, 0.2) is 0 Å². The van der Waals surface area contributed by atoms with E-state index < -0.39 is 40.0 Å². The summed E-state index contributed by atoms with van der Waals surface area (Å²) in [6.45, 7) is 3.79. The molecule has 0 bridgehead atoms. The second kappa shape index (κ2) is 13.3. The van der Waals surface area contributed by atoms with Gasteiger partial charge in [-0.05, 0) is 76.2 Å². The van der Waals surface area contributed by atoms with Crippen LogP contribution in [-0.4, -0.2) is 57.6 Å². The lowest BCUT2D eigenvalue weighted by Gasteiger charge is -2.35. The Morgan fingerprint density at radius 1 is 1.08 bits per heavy atom. The first-order valence-electron chi connectivity index (χ1n) is 12.4. The number of carbonyl (C=O) groups excluding carboxylic acids is 1. The van der Waals surface area contributed by atoms with E-state index in [0.29, 0.717) is 18.2 Å². The van der Waals surface area contributed by atoms with Gasteiger partial charge in [0.25, 0.3) is 0 Å². The summed E-state index contributed by atoms with van der Waals surface area (Å²) in [6.07, 6.45) is 2.81. The average Bonchev–Trinajstić information content (AvgIpc) is 2.96. The number of nitrogens with one attached hydrogen (secondary N) is 1. The highest BCUT2D eigenvalue weighted by molar-refractivity contribution is 8.29. The van der Waals surface area contributed by atoms with E-state index in [9.17, 15) is 16.5 Å². The van der Waals surface area contributed by atoms with Crippen molar-refractivity contribution in [1.82, 2.24) is 14.9 Å². The maximum atomic E-state index is 12.9. The van der Waals surface area contributed by atoms with Crippen molar-refractivity contribution in [2.75, 3.05) is 37.4 Å². The van der Waals surface area contributed by atoms with E-state index in [1.807, 2.05) is 25.1 Å². The van der Waals surface area contributed by atoms with Gasteiger partial charge in [0.2, 0.25) is 11.9 Å². The van der Waals surface area contributed by atoms with Crippen LogP contribution in [0, 0.1) is 6.92 Å². The van der Waals surface area contributed by atoms with E-state index in [2.05, 4.69) is 29.2 Å². The molecule has 2 aromatic carbocycles. The van der Waals surface area contributed by atoms with Crippen LogP contribution in [-0.2, 0) is 11.2 Å². The minimum absolute atomic E-state index is 0.110. The zero-order chi connectivity index (χ0) is 28.0. The molecule has 13 heteroatoms. The quantitative estimate of drug-likeness (QED) is 0.238. The molecule has 1 aromatic heterocycles. The van der Waals surface area contributed by atoms with Crippen LogP contribution >= 0.6 is 36.4 Å². The average molecular weight is 598 g/mol. The summed E-state index contributed by atoms with van der Waals surface area (Å²) in [5.41, 5.74) is 3.17. The number of aryl methyl sites for hydroxylation is 2. The number of rotatable bonds is 11. The number of piperidine rings is 1. The molecule has 3 aromatic rings. The Labute approximate surface area is 239 Å². The predicted octanol–water partition coefficient (Wildman–Crippen LogP) is 6.88. The van der Waals surface area contributed by atoms with Crippen molar-refractivity contribution in [1.29, 1.82) is 0 Å². The van der Waals surface area contributed by atoms with Crippen molar-refractivity contribution in [3.05, 3.63) is 53.7 Å². The van der Waals surface area contributed by atoms with Gasteiger partial charge in [-0.1, -0.05) is 12.1 Å². The Kier molecular flexibility index (Phi) is 10.1. The molecule has 1 saturated heterocycles. The number of amides is 1. The van der Waals surface area contributed by atoms with Crippen molar-refractivity contribution < 1.29 is 21.2 Å². The molecule has 1 aliphatic heterocycles. The van der Waals surface area contributed by atoms with Crippen LogP contribution in [0.3, 0.4) is 0 Å². The topological polar surface area (TPSA) is 70.6 Å². The van der Waals surface area contributed by atoms with E-state index in [1.54, 1.807) is 12.1 Å². The standard InChI is InChI=1S/C26H30F3N5O2S3/c1-17-22-16-19(7-10-23(22)32-25(30-17)34-14-12-20(13-15-34)33(2)3)31-24(35)11-6-18-4-8-21(9-5-18)36-26(37-27,38-28)39-29/h4-5,7-10,16,20H,6,11-15H2,1-3H3,(H,31,35). The Bertz CT molecular complexity index is 1270. The number of benzene rings is 2. The van der Waals surface area contributed by atoms with Crippen molar-refractivity contribution >= 4 is 64.9 Å². The van der Waals surface area contributed by atoms with Crippen LogP contribution in [0.1, 0.15) is 30.5 Å². The first-order chi connectivity index (χ1) is 18.8. The Hall–Kier alpha value is -2.35. The number of nitrogens with zero attached hydrogens (tertiary/aromatic N) is 4. The lowest BCUT2D eigenvalue weighted by molar-refractivity contribution is -0.116. The highest BCUT2D eigenvalue weighted by atomic mass is 32.3. The highest BCUT2D eigenvalue weighted by Crippen LogP contribution is 2.49. The molecule has 1 fully saturated rings. The predicted molar refractivity (Wildman–Crippen MR) is 156 cm³/mol. The fourth-order valence-electron chi connectivity index (χ4n) is 4.50. The lowest BCUT2D eigenvalue weighted by atomic mass is 10.0. The van der Waals surface area contributed by atoms with Gasteiger partial charge in [-0.25, -0.2) is 9.97 Å². The van der Waals surface area contributed by atoms with Gasteiger partial charge in [0, 0.05) is 36.6 Å². The fraction of sp³-hybridized carbons (Fsp3) is 0.423. The van der Waals surface area contributed by atoms with Gasteiger partial charge in [-0.15, -0.1) is 0 Å². The molecule has 0 radical (unpaired) electrons. The summed E-state index contributed by atoms with van der Waals surface area (Å²) in [7, 11) is 4.23. The van der Waals surface area contributed by atoms with E-state index in [-0.39, 0.29) is 18.1 Å². The van der Waals surface area contributed by atoms with Gasteiger partial charge in [-0.2, -0.15) is 11.7 Å². The molecule has 0 atom stereocenters. The van der Waals surface area contributed by atoms with E-state index in [1.165, 1.54) is 12.1 Å². The van der Waals surface area contributed by atoms with Crippen LogP contribution in [0.25, 0.3) is 10.9 Å². The monoisotopic (exact) mass is 597 g/mol. The molecule has 7 nitrogen and oxygen atoms in total. The van der Waals surface area contributed by atoms with Crippen molar-refractivity contribution in [3.8, 4) is 5.75 Å². The Balaban J connectivity index is 1.34. The smallest absolute Gasteiger partial charge is 0.338 e. The number of fused-ring (bicyclic) bond motifs is 1. The van der Waals surface area contributed by atoms with Crippen molar-refractivity contribution in [3.63, 3.8) is 0 Å². The normalized spacial score (nSPS) is 14.7. The molecule has 1 N–H and O–H groups in total. The maximum absolute atomic E-state index is 12.9. The van der Waals surface area contributed by atoms with Crippen LogP contribution < -0.4 is 15.0 Å². The summed E-state index contributed by atoms with van der Waals surface area (Å²) < 4.78 is 41.5. The number of halogens is 3. The molecule has 1 amide bonds. The van der Waals surface area contributed by atoms with Crippen LogP contribution in [0.4, 0.5) is 23.3 Å². The summed E-state index contributed by atoms with van der Waals surface area (Å²) in [6, 6.07) is 12.5. The Morgan fingerprint density at radius 2 is 1.74 bits per heavy atom. The molecule has 2 heterocycles. The van der Waals surface area contributed by atoms with Crippen LogP contribution in [0.5, 0.6) is 5.75 Å². The van der Waals surface area contributed by atoms with Gasteiger partial charge in [0.05, 0.1) is 11.2 Å². The zero-order valence-corrected chi connectivity index (χ0v) is 24.3. The second-order valence-corrected chi connectivity index (χ2v) is 12.5. The second-order valence-electron chi connectivity index (χ2n) is 9.55. The van der Waals surface area contributed by atoms with Crippen LogP contribution in [0.15, 0.2) is 42.5 Å². The summed E-state index contributed by atoms with van der Waals surface area (Å²) in [5.74, 6) is 0.689. The molecular formula is C26H30F3N5O2S3. The summed E-state index contributed by atoms with van der Waals surface area (Å²) in [5, 5.41) is 3.81. The largest absolute Gasteiger partial charge is 0.451 e. The summed E-state index contributed by atoms with van der Waals surface area (Å²) in [4.78, 5) is 26.6. The number of hydrogen-bond acceptors (Lipinski definition) is 9. The third kappa shape index (κ3) is 7.44. The molecule has 0 aliphatic carbocycles. The Morgan fingerprint density at radius 3 is 2.36 bits per heavy atom. The van der Waals surface area contributed by atoms with Crippen molar-refractivity contribution in [2.45, 2.75) is 42.2 Å². The molecule has 0 unspecified atom stereocenters. The lowest BCUT2D eigenvalue weighted by Crippen LogP contribution is -2.42. The minimum atomic E-state index is -2.35. The molecule has 0 spiro atoms. The highest BCUT2D eigenvalue weighted by Gasteiger charge is 2.40. The van der Waals surface area contributed by atoms with Gasteiger partial charge < -0.3 is 19.9 Å². The fourth-order valence-corrected chi connectivity index (χ4v) is 5.17. The number of hydrogen-bond donors (Lipinski definition) is 1. The van der Waals surface area contributed by atoms with Gasteiger partial charge in [0.1, 0.15) is 42.2 Å². The molecule has 1 aliphatic rings. The first kappa shape index (κ1) is 29.6. The van der Waals surface area contributed by atoms with Gasteiger partial charge in [-0.3, -0.25) is 4.79 Å². The molecule has 39 heavy (non-hydrogen) atoms. The van der Waals surface area contributed by atoms with Crippen LogP contribution in [0.2, 0.25) is 0 Å². The SMILES string of the molecule is Cc1nc(N2CCC(N(C)C)CC2)nc2ccc(NC(=O)CCc3ccc(OC(SF)(SF)SF)cc3)cc12. The third-order valence-corrected chi connectivity index (χ3v) is 8.68. The van der Waals surface area contributed by atoms with Gasteiger partial charge >= 0.3 is 3.60 Å². The number of ether oxygens (including phenoxy) is 1. The van der Waals surface area contributed by atoms with E-state index >= 15 is 0 Å². The molecule has 210 valence electrons. The van der Waals surface area contributed by atoms with Crippen molar-refractivity contribution in [2.24, 2.45) is 0 Å². The number of anilines is 2.